The first-order valence-electron chi connectivity index (χ1n) is 7.19. The minimum atomic E-state index is -3.80. The highest BCUT2D eigenvalue weighted by Crippen LogP contribution is 2.28. The molecular formula is C14H23N3O3S. The lowest BCUT2D eigenvalue weighted by Crippen LogP contribution is -2.36. The predicted molar refractivity (Wildman–Crippen MR) is 83.4 cm³/mol. The molecule has 1 aliphatic carbocycles. The van der Waals surface area contributed by atoms with Gasteiger partial charge in [-0.25, -0.2) is 13.6 Å². The van der Waals surface area contributed by atoms with Gasteiger partial charge in [0.05, 0.1) is 11.3 Å². The third-order valence-electron chi connectivity index (χ3n) is 3.97. The van der Waals surface area contributed by atoms with Crippen molar-refractivity contribution in [1.29, 1.82) is 0 Å². The van der Waals surface area contributed by atoms with E-state index in [9.17, 15) is 13.5 Å². The van der Waals surface area contributed by atoms with Crippen LogP contribution >= 0.6 is 0 Å². The first-order valence-corrected chi connectivity index (χ1v) is 8.73. The van der Waals surface area contributed by atoms with Crippen molar-refractivity contribution in [2.45, 2.75) is 49.0 Å². The molecule has 0 saturated heterocycles. The van der Waals surface area contributed by atoms with Gasteiger partial charge in [-0.3, -0.25) is 0 Å². The quantitative estimate of drug-likeness (QED) is 0.495. The van der Waals surface area contributed by atoms with Gasteiger partial charge in [0.25, 0.3) is 0 Å². The van der Waals surface area contributed by atoms with Crippen molar-refractivity contribution in [3.63, 3.8) is 0 Å². The summed E-state index contributed by atoms with van der Waals surface area (Å²) < 4.78 is 22.6. The average Bonchev–Trinajstić information content (AvgIpc) is 2.60. The second-order valence-corrected chi connectivity index (χ2v) is 7.32. The molecule has 21 heavy (non-hydrogen) atoms. The molecule has 1 saturated carbocycles. The summed E-state index contributed by atoms with van der Waals surface area (Å²) in [6.45, 7) is 0.432. The maximum absolute atomic E-state index is 11.3. The molecule has 6 nitrogen and oxygen atoms in total. The maximum Gasteiger partial charge on any atom is 0.240 e. The van der Waals surface area contributed by atoms with E-state index < -0.39 is 15.6 Å². The standard InChI is InChI=1S/C14H23N3O3S/c15-12-9-11(5-6-13(12)21(16,19)20)17-10-14(18)7-3-1-2-4-8-14/h5-6,9,17-18H,1-4,7-8,10,15H2,(H2,16,19,20). The van der Waals surface area contributed by atoms with Crippen molar-refractivity contribution in [3.8, 4) is 0 Å². The number of benzene rings is 1. The summed E-state index contributed by atoms with van der Waals surface area (Å²) in [5.74, 6) is 0. The van der Waals surface area contributed by atoms with Crippen LogP contribution in [0.5, 0.6) is 0 Å². The number of sulfonamides is 1. The molecular weight excluding hydrogens is 290 g/mol. The Hall–Kier alpha value is -1.31. The van der Waals surface area contributed by atoms with Crippen molar-refractivity contribution in [3.05, 3.63) is 18.2 Å². The van der Waals surface area contributed by atoms with E-state index in [-0.39, 0.29) is 10.6 Å². The molecule has 0 aliphatic heterocycles. The summed E-state index contributed by atoms with van der Waals surface area (Å²) in [5, 5.41) is 18.8. The van der Waals surface area contributed by atoms with E-state index in [2.05, 4.69) is 5.32 Å². The first-order chi connectivity index (χ1) is 9.80. The topological polar surface area (TPSA) is 118 Å². The predicted octanol–water partition coefficient (Wildman–Crippen LogP) is 1.41. The number of aliphatic hydroxyl groups is 1. The smallest absolute Gasteiger partial charge is 0.240 e. The molecule has 0 aromatic heterocycles. The molecule has 118 valence electrons. The van der Waals surface area contributed by atoms with Crippen molar-refractivity contribution in [1.82, 2.24) is 0 Å². The van der Waals surface area contributed by atoms with Gasteiger partial charge >= 0.3 is 0 Å². The Labute approximate surface area is 125 Å². The van der Waals surface area contributed by atoms with Gasteiger partial charge in [-0.15, -0.1) is 0 Å². The summed E-state index contributed by atoms with van der Waals surface area (Å²) in [6, 6.07) is 4.51. The molecule has 1 aromatic rings. The summed E-state index contributed by atoms with van der Waals surface area (Å²) in [4.78, 5) is -0.0822. The van der Waals surface area contributed by atoms with Crippen LogP contribution in [0, 0.1) is 0 Å². The lowest BCUT2D eigenvalue weighted by atomic mass is 9.94. The monoisotopic (exact) mass is 313 g/mol. The molecule has 0 heterocycles. The Kier molecular flexibility index (Phi) is 4.75. The van der Waals surface area contributed by atoms with Crippen LogP contribution in [-0.2, 0) is 10.0 Å². The molecule has 0 radical (unpaired) electrons. The summed E-state index contributed by atoms with van der Waals surface area (Å²) in [5.41, 5.74) is 5.79. The van der Waals surface area contributed by atoms with E-state index >= 15 is 0 Å². The van der Waals surface area contributed by atoms with E-state index in [4.69, 9.17) is 10.9 Å². The molecule has 0 atom stereocenters. The minimum Gasteiger partial charge on any atom is -0.398 e. The molecule has 0 bridgehead atoms. The van der Waals surface area contributed by atoms with E-state index in [1.165, 1.54) is 12.1 Å². The molecule has 1 fully saturated rings. The average molecular weight is 313 g/mol. The molecule has 6 N–H and O–H groups in total. The first kappa shape index (κ1) is 16.1. The molecule has 2 rings (SSSR count). The third-order valence-corrected chi connectivity index (χ3v) is 4.96. The Morgan fingerprint density at radius 2 is 1.81 bits per heavy atom. The van der Waals surface area contributed by atoms with Gasteiger partial charge in [-0.1, -0.05) is 25.7 Å². The fraction of sp³-hybridized carbons (Fsp3) is 0.571. The molecule has 0 spiro atoms. The fourth-order valence-corrected chi connectivity index (χ4v) is 3.39. The largest absolute Gasteiger partial charge is 0.398 e. The van der Waals surface area contributed by atoms with Gasteiger partial charge < -0.3 is 16.2 Å². The number of nitrogens with two attached hydrogens (primary N) is 2. The van der Waals surface area contributed by atoms with Gasteiger partial charge in [0.15, 0.2) is 0 Å². The normalized spacial score (nSPS) is 19.0. The second-order valence-electron chi connectivity index (χ2n) is 5.79. The lowest BCUT2D eigenvalue weighted by Gasteiger charge is -2.27. The zero-order chi connectivity index (χ0) is 15.5. The highest BCUT2D eigenvalue weighted by molar-refractivity contribution is 7.89. The lowest BCUT2D eigenvalue weighted by molar-refractivity contribution is 0.0381. The number of hydrogen-bond donors (Lipinski definition) is 4. The molecule has 0 unspecified atom stereocenters. The Balaban J connectivity index is 2.05. The highest BCUT2D eigenvalue weighted by atomic mass is 32.2. The van der Waals surface area contributed by atoms with Crippen LogP contribution in [0.4, 0.5) is 11.4 Å². The van der Waals surface area contributed by atoms with E-state index in [0.717, 1.165) is 38.5 Å². The highest BCUT2D eigenvalue weighted by Gasteiger charge is 2.27. The van der Waals surface area contributed by atoms with Crippen LogP contribution in [0.25, 0.3) is 0 Å². The zero-order valence-corrected chi connectivity index (χ0v) is 12.8. The maximum atomic E-state index is 11.3. The van der Waals surface area contributed by atoms with E-state index in [1.807, 2.05) is 0 Å². The van der Waals surface area contributed by atoms with E-state index in [0.29, 0.717) is 12.2 Å². The Morgan fingerprint density at radius 3 is 2.33 bits per heavy atom. The van der Waals surface area contributed by atoms with Gasteiger partial charge in [0.2, 0.25) is 10.0 Å². The van der Waals surface area contributed by atoms with Crippen LogP contribution in [0.1, 0.15) is 38.5 Å². The van der Waals surface area contributed by atoms with Crippen molar-refractivity contribution < 1.29 is 13.5 Å². The van der Waals surface area contributed by atoms with Gasteiger partial charge in [-0.05, 0) is 31.0 Å². The molecule has 7 heteroatoms. The minimum absolute atomic E-state index is 0.0822. The van der Waals surface area contributed by atoms with Crippen LogP contribution < -0.4 is 16.2 Å². The van der Waals surface area contributed by atoms with Gasteiger partial charge in [0, 0.05) is 12.2 Å². The van der Waals surface area contributed by atoms with Gasteiger partial charge in [0.1, 0.15) is 4.90 Å². The number of anilines is 2. The number of nitrogen functional groups attached to an aromatic ring is 1. The van der Waals surface area contributed by atoms with Crippen LogP contribution in [0.3, 0.4) is 0 Å². The summed E-state index contributed by atoms with van der Waals surface area (Å²) in [7, 11) is -3.80. The fourth-order valence-electron chi connectivity index (χ4n) is 2.75. The van der Waals surface area contributed by atoms with E-state index in [1.54, 1.807) is 6.07 Å². The van der Waals surface area contributed by atoms with Gasteiger partial charge in [-0.2, -0.15) is 0 Å². The number of primary sulfonamides is 1. The SMILES string of the molecule is Nc1cc(NCC2(O)CCCCCC2)ccc1S(N)(=O)=O. The number of rotatable bonds is 4. The third kappa shape index (κ3) is 4.33. The number of hydrogen-bond acceptors (Lipinski definition) is 5. The Morgan fingerprint density at radius 1 is 1.19 bits per heavy atom. The van der Waals surface area contributed by atoms with Crippen molar-refractivity contribution >= 4 is 21.4 Å². The van der Waals surface area contributed by atoms with Crippen LogP contribution in [0.2, 0.25) is 0 Å². The number of nitrogens with one attached hydrogen (secondary N) is 1. The summed E-state index contributed by atoms with van der Waals surface area (Å²) >= 11 is 0. The van der Waals surface area contributed by atoms with Crippen LogP contribution in [-0.4, -0.2) is 25.7 Å². The molecule has 1 aromatic carbocycles. The second kappa shape index (κ2) is 6.21. The zero-order valence-electron chi connectivity index (χ0n) is 12.0. The Bertz CT molecular complexity index is 593. The van der Waals surface area contributed by atoms with Crippen molar-refractivity contribution in [2.24, 2.45) is 5.14 Å². The molecule has 1 aliphatic rings. The van der Waals surface area contributed by atoms with Crippen LogP contribution in [0.15, 0.2) is 23.1 Å². The molecule has 0 amide bonds. The van der Waals surface area contributed by atoms with Crippen molar-refractivity contribution in [2.75, 3.05) is 17.6 Å². The summed E-state index contributed by atoms with van der Waals surface area (Å²) in [6.07, 6.45) is 5.96.